The van der Waals surface area contributed by atoms with Gasteiger partial charge in [-0.15, -0.1) is 0 Å². The molecule has 2 aromatic rings. The molecule has 0 spiro atoms. The minimum absolute atomic E-state index is 0.0144. The van der Waals surface area contributed by atoms with Crippen LogP contribution in [0.25, 0.3) is 0 Å². The van der Waals surface area contributed by atoms with Crippen molar-refractivity contribution in [3.63, 3.8) is 0 Å². The van der Waals surface area contributed by atoms with E-state index >= 15 is 0 Å². The second-order valence-corrected chi connectivity index (χ2v) is 17.4. The van der Waals surface area contributed by atoms with Gasteiger partial charge in [0.15, 0.2) is 0 Å². The first-order valence-electron chi connectivity index (χ1n) is 26.8. The summed E-state index contributed by atoms with van der Waals surface area (Å²) in [6.45, 7) is 7.19. The summed E-state index contributed by atoms with van der Waals surface area (Å²) in [5.74, 6) is -2.09. The van der Waals surface area contributed by atoms with Crippen LogP contribution in [0, 0.1) is 0 Å². The second-order valence-electron chi connectivity index (χ2n) is 17.4. The van der Waals surface area contributed by atoms with E-state index in [1.54, 1.807) is 24.3 Å². The number of benzene rings is 2. The number of ether oxygens (including phenoxy) is 10. The Morgan fingerprint density at radius 2 is 0.760 bits per heavy atom. The summed E-state index contributed by atoms with van der Waals surface area (Å²) in [5, 5.41) is 17.0. The average Bonchev–Trinajstić information content (AvgIpc) is 3.41. The Morgan fingerprint density at radius 1 is 0.387 bits per heavy atom. The Hall–Kier alpha value is -5.06. The Labute approximate surface area is 444 Å². The molecule has 2 aromatic carbocycles. The molecule has 0 aliphatic heterocycles. The van der Waals surface area contributed by atoms with Gasteiger partial charge in [-0.05, 0) is 24.8 Å². The number of carbonyl (C=O) groups excluding carboxylic acids is 5. The third-order valence-electron chi connectivity index (χ3n) is 11.0. The Balaban J connectivity index is 1.25. The molecule has 75 heavy (non-hydrogen) atoms. The molecule has 0 saturated heterocycles. The summed E-state index contributed by atoms with van der Waals surface area (Å²) in [6.07, 6.45) is 10.8. The number of carboxylic acid groups (broad SMARTS) is 1. The predicted octanol–water partition coefficient (Wildman–Crippen LogP) is 5.82. The number of amides is 3. The van der Waals surface area contributed by atoms with Crippen molar-refractivity contribution in [3.8, 4) is 0 Å². The van der Waals surface area contributed by atoms with Crippen LogP contribution in [0.15, 0.2) is 60.7 Å². The molecule has 424 valence electrons. The Bertz CT molecular complexity index is 1740. The molecule has 1 unspecified atom stereocenters. The summed E-state index contributed by atoms with van der Waals surface area (Å²) >= 11 is 0. The molecule has 0 fully saturated rings. The molecule has 4 N–H and O–H groups in total. The fourth-order valence-electron chi connectivity index (χ4n) is 6.96. The van der Waals surface area contributed by atoms with Crippen LogP contribution in [0.3, 0.4) is 0 Å². The van der Waals surface area contributed by atoms with E-state index in [2.05, 4.69) is 16.0 Å². The van der Waals surface area contributed by atoms with Gasteiger partial charge in [0.05, 0.1) is 112 Å². The minimum Gasteiger partial charge on any atom is -0.481 e. The van der Waals surface area contributed by atoms with Crippen LogP contribution in [-0.2, 0) is 82.7 Å². The third-order valence-corrected chi connectivity index (χ3v) is 11.0. The van der Waals surface area contributed by atoms with Crippen LogP contribution >= 0.6 is 0 Å². The lowest BCUT2D eigenvalue weighted by molar-refractivity contribution is -0.169. The number of aliphatic carboxylic acids is 1. The van der Waals surface area contributed by atoms with E-state index in [4.69, 9.17) is 52.5 Å². The highest BCUT2D eigenvalue weighted by Crippen LogP contribution is 2.22. The summed E-state index contributed by atoms with van der Waals surface area (Å²) in [7, 11) is 0. The van der Waals surface area contributed by atoms with Gasteiger partial charge in [0.2, 0.25) is 23.8 Å². The van der Waals surface area contributed by atoms with Crippen LogP contribution in [0.5, 0.6) is 0 Å². The van der Waals surface area contributed by atoms with Crippen molar-refractivity contribution in [2.75, 3.05) is 125 Å². The number of carbonyl (C=O) groups is 6. The Kier molecular flexibility index (Phi) is 42.8. The standard InChI is InChI=1S/C55H87N3O17/c59-49(22-15-7-5-3-1-2-4-6-8-16-24-53(64)75-54(48-20-13-10-14-21-48)55(65)74-46-47-18-11-9-12-19-47)56-27-17-23-50(60)57-28-32-68-36-40-72-44-42-70-38-34-66-30-25-51(61)58-29-33-69-37-41-73-45-43-71-39-35-67-31-26-52(62)63/h9-14,18-21,54H,1-8,15-17,22-46H2,(H,56,59)(H,57,60)(H,58,61)(H,62,63). The van der Waals surface area contributed by atoms with Gasteiger partial charge in [-0.25, -0.2) is 4.79 Å². The first-order valence-corrected chi connectivity index (χ1v) is 26.8. The number of hydrogen-bond acceptors (Lipinski definition) is 16. The van der Waals surface area contributed by atoms with Gasteiger partial charge >= 0.3 is 17.9 Å². The van der Waals surface area contributed by atoms with Crippen LogP contribution < -0.4 is 16.0 Å². The van der Waals surface area contributed by atoms with Crippen LogP contribution in [0.1, 0.15) is 120 Å². The van der Waals surface area contributed by atoms with Crippen LogP contribution in [-0.4, -0.2) is 166 Å². The van der Waals surface area contributed by atoms with E-state index in [0.29, 0.717) is 143 Å². The highest BCUT2D eigenvalue weighted by molar-refractivity contribution is 5.81. The quantitative estimate of drug-likeness (QED) is 0.0450. The lowest BCUT2D eigenvalue weighted by Gasteiger charge is -2.17. The zero-order valence-corrected chi connectivity index (χ0v) is 44.3. The maximum Gasteiger partial charge on any atom is 0.352 e. The van der Waals surface area contributed by atoms with E-state index in [0.717, 1.165) is 63.4 Å². The van der Waals surface area contributed by atoms with E-state index < -0.39 is 24.0 Å². The molecule has 20 heteroatoms. The average molecular weight is 1060 g/mol. The first-order chi connectivity index (χ1) is 36.7. The van der Waals surface area contributed by atoms with Gasteiger partial charge in [-0.2, -0.15) is 0 Å². The van der Waals surface area contributed by atoms with Crippen molar-refractivity contribution in [3.05, 3.63) is 71.8 Å². The lowest BCUT2D eigenvalue weighted by atomic mass is 10.0. The lowest BCUT2D eigenvalue weighted by Crippen LogP contribution is -2.29. The van der Waals surface area contributed by atoms with Gasteiger partial charge in [-0.1, -0.05) is 112 Å². The predicted molar refractivity (Wildman–Crippen MR) is 279 cm³/mol. The highest BCUT2D eigenvalue weighted by atomic mass is 16.6. The maximum absolute atomic E-state index is 12.9. The van der Waals surface area contributed by atoms with E-state index in [1.807, 2.05) is 36.4 Å². The number of unbranched alkanes of at least 4 members (excludes halogenated alkanes) is 9. The SMILES string of the molecule is O=C(O)CCOCCOCCOCCOCCNC(=O)CCOCCOCCOCCOCCNC(=O)CCCNC(=O)CCCCCCCCCCCCC(=O)OC(C(=O)OCc1ccccc1)c1ccccc1. The zero-order chi connectivity index (χ0) is 53.9. The molecule has 20 nitrogen and oxygen atoms in total. The van der Waals surface area contributed by atoms with E-state index in [-0.39, 0.29) is 56.8 Å². The van der Waals surface area contributed by atoms with Gasteiger partial charge in [0, 0.05) is 50.9 Å². The Morgan fingerprint density at radius 3 is 1.24 bits per heavy atom. The fourth-order valence-corrected chi connectivity index (χ4v) is 6.96. The summed E-state index contributed by atoms with van der Waals surface area (Å²) in [6, 6.07) is 18.3. The topological polar surface area (TPSA) is 251 Å². The summed E-state index contributed by atoms with van der Waals surface area (Å²) in [4.78, 5) is 72.2. The highest BCUT2D eigenvalue weighted by Gasteiger charge is 2.26. The molecule has 0 saturated carbocycles. The minimum atomic E-state index is -1.10. The van der Waals surface area contributed by atoms with E-state index in [9.17, 15) is 28.8 Å². The monoisotopic (exact) mass is 1060 g/mol. The maximum atomic E-state index is 12.9. The van der Waals surface area contributed by atoms with E-state index in [1.165, 1.54) is 0 Å². The largest absolute Gasteiger partial charge is 0.481 e. The normalized spacial score (nSPS) is 11.5. The molecule has 0 radical (unpaired) electrons. The third kappa shape index (κ3) is 41.8. The van der Waals surface area contributed by atoms with Crippen molar-refractivity contribution in [1.82, 2.24) is 16.0 Å². The number of nitrogens with one attached hydrogen (secondary N) is 3. The number of hydrogen-bond donors (Lipinski definition) is 4. The van der Waals surface area contributed by atoms with Crippen LogP contribution in [0.2, 0.25) is 0 Å². The number of carboxylic acids is 1. The molecule has 1 atom stereocenters. The molecule has 0 aliphatic carbocycles. The number of rotatable bonds is 52. The molecule has 2 rings (SSSR count). The van der Waals surface area contributed by atoms with Gasteiger partial charge < -0.3 is 68.4 Å². The van der Waals surface area contributed by atoms with Crippen molar-refractivity contribution in [2.24, 2.45) is 0 Å². The molecule has 3 amide bonds. The fraction of sp³-hybridized carbons (Fsp3) is 0.673. The van der Waals surface area contributed by atoms with Gasteiger partial charge in [0.25, 0.3) is 0 Å². The van der Waals surface area contributed by atoms with Crippen molar-refractivity contribution < 1.29 is 81.2 Å². The first kappa shape index (κ1) is 66.1. The smallest absolute Gasteiger partial charge is 0.352 e. The van der Waals surface area contributed by atoms with Crippen LogP contribution in [0.4, 0.5) is 0 Å². The molecule has 0 bridgehead atoms. The summed E-state index contributed by atoms with van der Waals surface area (Å²) in [5.41, 5.74) is 1.44. The molecular formula is C55H87N3O17. The van der Waals surface area contributed by atoms with Gasteiger partial charge in [-0.3, -0.25) is 24.0 Å². The summed E-state index contributed by atoms with van der Waals surface area (Å²) < 4.78 is 54.2. The van der Waals surface area contributed by atoms with Crippen molar-refractivity contribution in [1.29, 1.82) is 0 Å². The molecule has 0 aliphatic rings. The number of esters is 2. The molecule has 0 heterocycles. The van der Waals surface area contributed by atoms with Crippen molar-refractivity contribution >= 4 is 35.6 Å². The second kappa shape index (κ2) is 48.6. The molecular weight excluding hydrogens is 975 g/mol. The zero-order valence-electron chi connectivity index (χ0n) is 44.3. The molecule has 0 aromatic heterocycles. The van der Waals surface area contributed by atoms with Crippen molar-refractivity contribution in [2.45, 2.75) is 115 Å². The van der Waals surface area contributed by atoms with Gasteiger partial charge in [0.1, 0.15) is 6.61 Å².